The van der Waals surface area contributed by atoms with E-state index in [1.54, 1.807) is 0 Å². The van der Waals surface area contributed by atoms with Crippen molar-refractivity contribution in [1.82, 2.24) is 0 Å². The number of nitriles is 1. The fourth-order valence-electron chi connectivity index (χ4n) is 1.99. The molecule has 17 heavy (non-hydrogen) atoms. The summed E-state index contributed by atoms with van der Waals surface area (Å²) >= 11 is 0. The first-order valence-electron chi connectivity index (χ1n) is 6.01. The molecule has 0 bridgehead atoms. The van der Waals surface area contributed by atoms with Crippen molar-refractivity contribution in [2.75, 3.05) is 11.9 Å². The lowest BCUT2D eigenvalue weighted by atomic mass is 9.86. The van der Waals surface area contributed by atoms with E-state index >= 15 is 0 Å². The van der Waals surface area contributed by atoms with Crippen molar-refractivity contribution >= 4 is 5.69 Å². The molecule has 0 amide bonds. The Hall–Kier alpha value is -1.49. The molecule has 0 N–H and O–H groups in total. The van der Waals surface area contributed by atoms with E-state index in [2.05, 4.69) is 58.7 Å². The van der Waals surface area contributed by atoms with Crippen LogP contribution in [0.1, 0.15) is 38.8 Å². The Labute approximate surface area is 105 Å². The molecule has 1 unspecified atom stereocenters. The van der Waals surface area contributed by atoms with E-state index in [0.29, 0.717) is 6.04 Å². The number of aryl methyl sites for hydroxylation is 1. The van der Waals surface area contributed by atoms with Gasteiger partial charge in [-0.1, -0.05) is 32.9 Å². The van der Waals surface area contributed by atoms with Gasteiger partial charge in [0, 0.05) is 13.1 Å². The van der Waals surface area contributed by atoms with Crippen LogP contribution in [0, 0.1) is 23.7 Å². The SMILES string of the molecule is Cc1cccc(C#N)c1N(C)C(C)C(C)(C)C. The van der Waals surface area contributed by atoms with E-state index in [9.17, 15) is 5.26 Å². The van der Waals surface area contributed by atoms with Gasteiger partial charge < -0.3 is 4.90 Å². The third kappa shape index (κ3) is 2.79. The van der Waals surface area contributed by atoms with Gasteiger partial charge >= 0.3 is 0 Å². The summed E-state index contributed by atoms with van der Waals surface area (Å²) in [4.78, 5) is 2.22. The number of rotatable bonds is 2. The second-order valence-electron chi connectivity index (χ2n) is 5.74. The molecule has 2 nitrogen and oxygen atoms in total. The van der Waals surface area contributed by atoms with Crippen LogP contribution in [0.4, 0.5) is 5.69 Å². The first-order chi connectivity index (χ1) is 7.79. The van der Waals surface area contributed by atoms with Gasteiger partial charge in [0.2, 0.25) is 0 Å². The van der Waals surface area contributed by atoms with Gasteiger partial charge in [0.05, 0.1) is 11.3 Å². The Bertz CT molecular complexity index is 435. The van der Waals surface area contributed by atoms with Gasteiger partial charge in [-0.15, -0.1) is 0 Å². The molecule has 1 rings (SSSR count). The molecular weight excluding hydrogens is 208 g/mol. The van der Waals surface area contributed by atoms with E-state index in [1.807, 2.05) is 12.1 Å². The Kier molecular flexibility index (Phi) is 3.83. The zero-order chi connectivity index (χ0) is 13.2. The molecule has 0 aromatic heterocycles. The highest BCUT2D eigenvalue weighted by molar-refractivity contribution is 5.64. The molecule has 0 aliphatic rings. The summed E-state index contributed by atoms with van der Waals surface area (Å²) in [7, 11) is 2.07. The summed E-state index contributed by atoms with van der Waals surface area (Å²) in [5, 5.41) is 9.20. The topological polar surface area (TPSA) is 27.0 Å². The number of nitrogens with zero attached hydrogens (tertiary/aromatic N) is 2. The third-order valence-electron chi connectivity index (χ3n) is 3.55. The highest BCUT2D eigenvalue weighted by Gasteiger charge is 2.26. The smallest absolute Gasteiger partial charge is 0.101 e. The quantitative estimate of drug-likeness (QED) is 0.774. The van der Waals surface area contributed by atoms with Crippen molar-refractivity contribution in [2.45, 2.75) is 40.7 Å². The van der Waals surface area contributed by atoms with Crippen LogP contribution in [0.5, 0.6) is 0 Å². The monoisotopic (exact) mass is 230 g/mol. The Morgan fingerprint density at radius 1 is 1.29 bits per heavy atom. The predicted octanol–water partition coefficient (Wildman–Crippen LogP) is 3.74. The maximum absolute atomic E-state index is 9.20. The minimum atomic E-state index is 0.184. The number of hydrogen-bond donors (Lipinski definition) is 0. The Balaban J connectivity index is 3.22. The fourth-order valence-corrected chi connectivity index (χ4v) is 1.99. The van der Waals surface area contributed by atoms with Gasteiger partial charge in [-0.05, 0) is 30.9 Å². The number of anilines is 1. The normalized spacial score (nSPS) is 13.0. The summed E-state index contributed by atoms with van der Waals surface area (Å²) in [6, 6.07) is 8.53. The summed E-state index contributed by atoms with van der Waals surface area (Å²) in [6.07, 6.45) is 0. The van der Waals surface area contributed by atoms with Crippen molar-refractivity contribution in [1.29, 1.82) is 5.26 Å². The first-order valence-corrected chi connectivity index (χ1v) is 6.01. The number of benzene rings is 1. The van der Waals surface area contributed by atoms with E-state index in [-0.39, 0.29) is 5.41 Å². The molecule has 1 aromatic carbocycles. The summed E-state index contributed by atoms with van der Waals surface area (Å²) in [6.45, 7) is 10.9. The maximum atomic E-state index is 9.20. The molecule has 0 radical (unpaired) electrons. The zero-order valence-electron chi connectivity index (χ0n) is 11.7. The Morgan fingerprint density at radius 3 is 2.35 bits per heavy atom. The third-order valence-corrected chi connectivity index (χ3v) is 3.55. The van der Waals surface area contributed by atoms with Crippen LogP contribution >= 0.6 is 0 Å². The lowest BCUT2D eigenvalue weighted by molar-refractivity contribution is 0.329. The van der Waals surface area contributed by atoms with E-state index < -0.39 is 0 Å². The van der Waals surface area contributed by atoms with Crippen LogP contribution < -0.4 is 4.90 Å². The first kappa shape index (κ1) is 13.6. The van der Waals surface area contributed by atoms with Crippen molar-refractivity contribution in [3.05, 3.63) is 29.3 Å². The van der Waals surface area contributed by atoms with Gasteiger partial charge in [0.25, 0.3) is 0 Å². The average molecular weight is 230 g/mol. The molecule has 0 aliphatic heterocycles. The Morgan fingerprint density at radius 2 is 1.88 bits per heavy atom. The van der Waals surface area contributed by atoms with Gasteiger partial charge in [-0.25, -0.2) is 0 Å². The molecule has 2 heteroatoms. The highest BCUT2D eigenvalue weighted by Crippen LogP contribution is 2.31. The lowest BCUT2D eigenvalue weighted by Crippen LogP contribution is -2.40. The van der Waals surface area contributed by atoms with Gasteiger partial charge in [0.1, 0.15) is 6.07 Å². The minimum Gasteiger partial charge on any atom is -0.370 e. The largest absolute Gasteiger partial charge is 0.370 e. The minimum absolute atomic E-state index is 0.184. The van der Waals surface area contributed by atoms with E-state index in [0.717, 1.165) is 16.8 Å². The second-order valence-corrected chi connectivity index (χ2v) is 5.74. The average Bonchev–Trinajstić information content (AvgIpc) is 2.25. The van der Waals surface area contributed by atoms with E-state index in [4.69, 9.17) is 0 Å². The summed E-state index contributed by atoms with van der Waals surface area (Å²) < 4.78 is 0. The van der Waals surface area contributed by atoms with Crippen LogP contribution in [0.3, 0.4) is 0 Å². The van der Waals surface area contributed by atoms with Crippen LogP contribution in [-0.4, -0.2) is 13.1 Å². The lowest BCUT2D eigenvalue weighted by Gasteiger charge is -2.38. The highest BCUT2D eigenvalue weighted by atomic mass is 15.1. The molecule has 0 saturated carbocycles. The van der Waals surface area contributed by atoms with Gasteiger partial charge in [-0.3, -0.25) is 0 Å². The fraction of sp³-hybridized carbons (Fsp3) is 0.533. The molecule has 0 fully saturated rings. The van der Waals surface area contributed by atoms with Crippen LogP contribution in [-0.2, 0) is 0 Å². The summed E-state index contributed by atoms with van der Waals surface area (Å²) in [5.74, 6) is 0. The van der Waals surface area contributed by atoms with Crippen molar-refractivity contribution in [3.63, 3.8) is 0 Å². The molecule has 0 spiro atoms. The number of para-hydroxylation sites is 1. The molecule has 1 atom stereocenters. The standard InChI is InChI=1S/C15H22N2/c1-11-8-7-9-13(10-16)14(11)17(6)12(2)15(3,4)5/h7-9,12H,1-6H3. The van der Waals surface area contributed by atoms with Crippen LogP contribution in [0.15, 0.2) is 18.2 Å². The maximum Gasteiger partial charge on any atom is 0.101 e. The second kappa shape index (κ2) is 4.79. The molecule has 1 aromatic rings. The molecule has 0 aliphatic carbocycles. The van der Waals surface area contributed by atoms with Gasteiger partial charge in [0.15, 0.2) is 0 Å². The van der Waals surface area contributed by atoms with Gasteiger partial charge in [-0.2, -0.15) is 5.26 Å². The molecule has 0 heterocycles. The molecule has 92 valence electrons. The van der Waals surface area contributed by atoms with Crippen molar-refractivity contribution in [3.8, 4) is 6.07 Å². The summed E-state index contributed by atoms with van der Waals surface area (Å²) in [5.41, 5.74) is 3.15. The van der Waals surface area contributed by atoms with Crippen LogP contribution in [0.25, 0.3) is 0 Å². The van der Waals surface area contributed by atoms with Crippen molar-refractivity contribution < 1.29 is 0 Å². The van der Waals surface area contributed by atoms with Crippen LogP contribution in [0.2, 0.25) is 0 Å². The predicted molar refractivity (Wildman–Crippen MR) is 73.2 cm³/mol. The van der Waals surface area contributed by atoms with E-state index in [1.165, 1.54) is 0 Å². The number of hydrogen-bond acceptors (Lipinski definition) is 2. The molecule has 0 saturated heterocycles. The zero-order valence-corrected chi connectivity index (χ0v) is 11.7. The molecular formula is C15H22N2. The van der Waals surface area contributed by atoms with Crippen molar-refractivity contribution in [2.24, 2.45) is 5.41 Å².